The average molecular weight is 357 g/mol. The Bertz CT molecular complexity index is 1130. The minimum absolute atomic E-state index is 0.0114. The van der Waals surface area contributed by atoms with Crippen LogP contribution in [0, 0.1) is 13.8 Å². The van der Waals surface area contributed by atoms with Crippen molar-refractivity contribution in [2.24, 2.45) is 17.9 Å². The molecular formula is C18H19N3O3S. The zero-order chi connectivity index (χ0) is 18.5. The van der Waals surface area contributed by atoms with Gasteiger partial charge in [0.25, 0.3) is 5.91 Å². The van der Waals surface area contributed by atoms with Crippen LogP contribution in [0.3, 0.4) is 0 Å². The summed E-state index contributed by atoms with van der Waals surface area (Å²) >= 11 is 0. The van der Waals surface area contributed by atoms with Crippen LogP contribution in [0.25, 0.3) is 22.0 Å². The Balaban J connectivity index is 2.50. The van der Waals surface area contributed by atoms with E-state index in [2.05, 4.69) is 0 Å². The molecule has 3 rings (SSSR count). The quantitative estimate of drug-likeness (QED) is 0.750. The smallest absolute Gasteiger partial charge is 0.266 e. The van der Waals surface area contributed by atoms with Crippen LogP contribution in [0.5, 0.6) is 0 Å². The number of fused-ring (bicyclic) bond motifs is 1. The lowest BCUT2D eigenvalue weighted by molar-refractivity contribution is 0.0993. The first-order chi connectivity index (χ1) is 11.6. The number of hydrogen-bond donors (Lipinski definition) is 2. The molecule has 1 amide bonds. The summed E-state index contributed by atoms with van der Waals surface area (Å²) in [5, 5.41) is 6.13. The third-order valence-electron chi connectivity index (χ3n) is 4.58. The van der Waals surface area contributed by atoms with Crippen molar-refractivity contribution >= 4 is 26.8 Å². The van der Waals surface area contributed by atoms with Gasteiger partial charge in [0.15, 0.2) is 0 Å². The standard InChI is InChI=1S/C18H19N3O3S/c1-10-7-8-14-15(11(10)2)16(17(18(19)22)21(14)3)12-5-4-6-13(9-12)25(20,23)24/h4-9H,1-3H3,(H2,19,22)(H2,20,23,24). The third kappa shape index (κ3) is 2.71. The predicted molar refractivity (Wildman–Crippen MR) is 97.7 cm³/mol. The SMILES string of the molecule is Cc1ccc2c(c1C)c(-c1cccc(S(N)(=O)=O)c1)c(C(N)=O)n2C. The Hall–Kier alpha value is -2.64. The molecule has 3 aromatic rings. The number of carbonyl (C=O) groups excluding carboxylic acids is 1. The molecule has 0 aliphatic carbocycles. The zero-order valence-electron chi connectivity index (χ0n) is 14.2. The van der Waals surface area contributed by atoms with Crippen LogP contribution in [-0.2, 0) is 17.1 Å². The second kappa shape index (κ2) is 5.72. The van der Waals surface area contributed by atoms with Crippen molar-refractivity contribution in [3.8, 4) is 11.1 Å². The van der Waals surface area contributed by atoms with Crippen molar-refractivity contribution in [2.75, 3.05) is 0 Å². The molecule has 1 heterocycles. The first-order valence-corrected chi connectivity index (χ1v) is 9.19. The van der Waals surface area contributed by atoms with Gasteiger partial charge in [-0.1, -0.05) is 18.2 Å². The highest BCUT2D eigenvalue weighted by Crippen LogP contribution is 2.37. The zero-order valence-corrected chi connectivity index (χ0v) is 15.0. The van der Waals surface area contributed by atoms with Crippen LogP contribution < -0.4 is 10.9 Å². The number of carbonyl (C=O) groups is 1. The van der Waals surface area contributed by atoms with E-state index in [1.54, 1.807) is 23.7 Å². The van der Waals surface area contributed by atoms with Crippen LogP contribution >= 0.6 is 0 Å². The third-order valence-corrected chi connectivity index (χ3v) is 5.49. The number of aryl methyl sites for hydroxylation is 3. The number of sulfonamides is 1. The summed E-state index contributed by atoms with van der Waals surface area (Å²) < 4.78 is 25.2. The van der Waals surface area contributed by atoms with Crippen molar-refractivity contribution in [3.05, 3.63) is 53.2 Å². The lowest BCUT2D eigenvalue weighted by atomic mass is 9.96. The second-order valence-corrected chi connectivity index (χ2v) is 7.68. The van der Waals surface area contributed by atoms with Gasteiger partial charge in [0.1, 0.15) is 5.69 Å². The van der Waals surface area contributed by atoms with Crippen molar-refractivity contribution in [2.45, 2.75) is 18.7 Å². The van der Waals surface area contributed by atoms with E-state index in [1.807, 2.05) is 26.0 Å². The topological polar surface area (TPSA) is 108 Å². The number of hydrogen-bond acceptors (Lipinski definition) is 3. The first kappa shape index (κ1) is 17.2. The fraction of sp³-hybridized carbons (Fsp3) is 0.167. The number of aromatic nitrogens is 1. The number of nitrogens with two attached hydrogens (primary N) is 2. The largest absolute Gasteiger partial charge is 0.364 e. The van der Waals surface area contributed by atoms with Gasteiger partial charge in [0, 0.05) is 23.5 Å². The molecule has 0 aliphatic heterocycles. The molecule has 0 aliphatic rings. The lowest BCUT2D eigenvalue weighted by Gasteiger charge is -2.08. The molecule has 6 nitrogen and oxygen atoms in total. The van der Waals surface area contributed by atoms with E-state index < -0.39 is 15.9 Å². The molecule has 2 aromatic carbocycles. The van der Waals surface area contributed by atoms with Crippen LogP contribution in [0.1, 0.15) is 21.6 Å². The van der Waals surface area contributed by atoms with Crippen LogP contribution in [0.15, 0.2) is 41.3 Å². The molecule has 0 fully saturated rings. The Morgan fingerprint density at radius 3 is 2.40 bits per heavy atom. The highest BCUT2D eigenvalue weighted by atomic mass is 32.2. The Kier molecular flexibility index (Phi) is 3.93. The van der Waals surface area contributed by atoms with Gasteiger partial charge in [-0.15, -0.1) is 0 Å². The molecule has 130 valence electrons. The van der Waals surface area contributed by atoms with Crippen molar-refractivity contribution < 1.29 is 13.2 Å². The van der Waals surface area contributed by atoms with Gasteiger partial charge in [-0.25, -0.2) is 13.6 Å². The maximum atomic E-state index is 12.1. The van der Waals surface area contributed by atoms with Crippen molar-refractivity contribution in [3.63, 3.8) is 0 Å². The van der Waals surface area contributed by atoms with E-state index >= 15 is 0 Å². The molecule has 1 aromatic heterocycles. The molecule has 0 unspecified atom stereocenters. The van der Waals surface area contributed by atoms with Gasteiger partial charge < -0.3 is 10.3 Å². The predicted octanol–water partition coefficient (Wildman–Crippen LogP) is 2.21. The van der Waals surface area contributed by atoms with Crippen molar-refractivity contribution in [1.82, 2.24) is 4.57 Å². The van der Waals surface area contributed by atoms with Crippen LogP contribution in [-0.4, -0.2) is 18.9 Å². The summed E-state index contributed by atoms with van der Waals surface area (Å²) in [6.45, 7) is 3.95. The molecule has 0 bridgehead atoms. The van der Waals surface area contributed by atoms with Crippen LogP contribution in [0.4, 0.5) is 0 Å². The Labute approximate surface area is 146 Å². The summed E-state index contributed by atoms with van der Waals surface area (Å²) in [6.07, 6.45) is 0. The highest BCUT2D eigenvalue weighted by molar-refractivity contribution is 7.89. The molecular weight excluding hydrogens is 338 g/mol. The molecule has 4 N–H and O–H groups in total. The lowest BCUT2D eigenvalue weighted by Crippen LogP contribution is -2.16. The van der Waals surface area contributed by atoms with E-state index in [1.165, 1.54) is 12.1 Å². The minimum atomic E-state index is -3.85. The van der Waals surface area contributed by atoms with Gasteiger partial charge in [-0.3, -0.25) is 4.79 Å². The average Bonchev–Trinajstić information content (AvgIpc) is 2.84. The molecule has 0 atom stereocenters. The second-order valence-electron chi connectivity index (χ2n) is 6.12. The maximum absolute atomic E-state index is 12.1. The van der Waals surface area contributed by atoms with Crippen molar-refractivity contribution in [1.29, 1.82) is 0 Å². The van der Waals surface area contributed by atoms with E-state index in [0.717, 1.165) is 22.0 Å². The summed E-state index contributed by atoms with van der Waals surface area (Å²) in [5.74, 6) is -0.577. The molecule has 0 spiro atoms. The van der Waals surface area contributed by atoms with Gasteiger partial charge in [0.05, 0.1) is 4.90 Å². The van der Waals surface area contributed by atoms with Gasteiger partial charge in [0.2, 0.25) is 10.0 Å². The van der Waals surface area contributed by atoms with E-state index in [9.17, 15) is 13.2 Å². The van der Waals surface area contributed by atoms with Gasteiger partial charge >= 0.3 is 0 Å². The van der Waals surface area contributed by atoms with Gasteiger partial charge in [-0.05, 0) is 48.7 Å². The van der Waals surface area contributed by atoms with Gasteiger partial charge in [-0.2, -0.15) is 0 Å². The fourth-order valence-corrected chi connectivity index (χ4v) is 3.76. The number of primary amides is 1. The Morgan fingerprint density at radius 2 is 1.80 bits per heavy atom. The van der Waals surface area contributed by atoms with E-state index in [0.29, 0.717) is 16.8 Å². The minimum Gasteiger partial charge on any atom is -0.364 e. The fourth-order valence-electron chi connectivity index (χ4n) is 3.20. The summed E-state index contributed by atoms with van der Waals surface area (Å²) in [4.78, 5) is 12.1. The number of nitrogens with zero attached hydrogens (tertiary/aromatic N) is 1. The number of benzene rings is 2. The molecule has 0 radical (unpaired) electrons. The summed E-state index contributed by atoms with van der Waals surface area (Å²) in [6, 6.07) is 10.1. The van der Waals surface area contributed by atoms with Crippen LogP contribution in [0.2, 0.25) is 0 Å². The molecule has 7 heteroatoms. The van der Waals surface area contributed by atoms with E-state index in [-0.39, 0.29) is 4.90 Å². The molecule has 0 saturated heterocycles. The summed E-state index contributed by atoms with van der Waals surface area (Å²) in [7, 11) is -2.09. The maximum Gasteiger partial charge on any atom is 0.266 e. The monoisotopic (exact) mass is 357 g/mol. The highest BCUT2D eigenvalue weighted by Gasteiger charge is 2.23. The molecule has 25 heavy (non-hydrogen) atoms. The number of amides is 1. The van der Waals surface area contributed by atoms with E-state index in [4.69, 9.17) is 10.9 Å². The Morgan fingerprint density at radius 1 is 1.12 bits per heavy atom. The summed E-state index contributed by atoms with van der Waals surface area (Å²) in [5.41, 5.74) is 10.1. The normalized spacial score (nSPS) is 11.8. The first-order valence-electron chi connectivity index (χ1n) is 7.64. The number of primary sulfonamides is 1. The molecule has 0 saturated carbocycles. The number of rotatable bonds is 3.